The highest BCUT2D eigenvalue weighted by atomic mass is 35.5. The molecule has 5 heteroatoms. The van der Waals surface area contributed by atoms with Crippen LogP contribution in [-0.4, -0.2) is 6.08 Å². The molecule has 0 amide bonds. The van der Waals surface area contributed by atoms with Crippen LogP contribution >= 0.6 is 11.6 Å². The van der Waals surface area contributed by atoms with E-state index in [1.54, 1.807) is 24.3 Å². The molecule has 3 nitrogen and oxygen atoms in total. The second-order valence-electron chi connectivity index (χ2n) is 3.74. The van der Waals surface area contributed by atoms with E-state index in [9.17, 15) is 9.18 Å². The van der Waals surface area contributed by atoms with E-state index in [1.807, 2.05) is 0 Å². The summed E-state index contributed by atoms with van der Waals surface area (Å²) in [6.07, 6.45) is 1.43. The smallest absolute Gasteiger partial charge is 0.240 e. The lowest BCUT2D eigenvalue weighted by Gasteiger charge is -2.08. The molecule has 96 valence electrons. The molecule has 2 aromatic rings. The fourth-order valence-corrected chi connectivity index (χ4v) is 1.75. The van der Waals surface area contributed by atoms with Crippen molar-refractivity contribution in [1.82, 2.24) is 0 Å². The average molecular weight is 278 g/mol. The molecule has 2 aromatic carbocycles. The topological polar surface area (TPSA) is 38.7 Å². The molecule has 0 unspecified atom stereocenters. The summed E-state index contributed by atoms with van der Waals surface area (Å²) in [6.45, 7) is 0.202. The van der Waals surface area contributed by atoms with Gasteiger partial charge in [0.1, 0.15) is 18.2 Å². The maximum Gasteiger partial charge on any atom is 0.240 e. The largest absolute Gasteiger partial charge is 0.487 e. The van der Waals surface area contributed by atoms with Gasteiger partial charge in [-0.1, -0.05) is 23.7 Å². The third-order valence-corrected chi connectivity index (χ3v) is 2.67. The Hall–Kier alpha value is -2.16. The zero-order valence-corrected chi connectivity index (χ0v) is 10.5. The summed E-state index contributed by atoms with van der Waals surface area (Å²) in [5, 5.41) is 0.327. The number of carbonyl (C=O) groups excluding carboxylic acids is 1. The van der Waals surface area contributed by atoms with Crippen molar-refractivity contribution in [3.8, 4) is 5.75 Å². The maximum atomic E-state index is 13.0. The Morgan fingerprint density at radius 3 is 2.79 bits per heavy atom. The van der Waals surface area contributed by atoms with Gasteiger partial charge in [0.25, 0.3) is 0 Å². The first-order chi connectivity index (χ1) is 9.19. The van der Waals surface area contributed by atoms with Crippen LogP contribution in [0.5, 0.6) is 5.75 Å². The van der Waals surface area contributed by atoms with Gasteiger partial charge in [-0.25, -0.2) is 9.18 Å². The number of benzene rings is 2. The zero-order valence-electron chi connectivity index (χ0n) is 9.77. The molecule has 0 N–H and O–H groups in total. The Labute approximate surface area is 114 Å². The van der Waals surface area contributed by atoms with Crippen LogP contribution in [0.25, 0.3) is 0 Å². The summed E-state index contributed by atoms with van der Waals surface area (Å²) in [4.78, 5) is 13.6. The van der Waals surface area contributed by atoms with Crippen molar-refractivity contribution in [2.75, 3.05) is 0 Å². The summed E-state index contributed by atoms with van der Waals surface area (Å²) in [7, 11) is 0. The predicted molar refractivity (Wildman–Crippen MR) is 70.0 cm³/mol. The van der Waals surface area contributed by atoms with Crippen LogP contribution in [0, 0.1) is 5.82 Å². The van der Waals surface area contributed by atoms with Gasteiger partial charge in [-0.2, -0.15) is 4.99 Å². The Morgan fingerprint density at radius 1 is 1.26 bits per heavy atom. The van der Waals surface area contributed by atoms with Gasteiger partial charge >= 0.3 is 0 Å². The minimum atomic E-state index is -0.317. The first-order valence-corrected chi connectivity index (χ1v) is 5.81. The van der Waals surface area contributed by atoms with Gasteiger partial charge in [0.15, 0.2) is 0 Å². The molecule has 0 heterocycles. The van der Waals surface area contributed by atoms with Crippen LogP contribution in [0.1, 0.15) is 5.56 Å². The molecule has 0 spiro atoms. The normalized spacial score (nSPS) is 9.79. The number of rotatable bonds is 4. The number of isocyanates is 1. The fourth-order valence-electron chi connectivity index (χ4n) is 1.52. The maximum absolute atomic E-state index is 13.0. The molecular formula is C14H9ClFNO2. The molecule has 0 atom stereocenters. The number of halogens is 2. The van der Waals surface area contributed by atoms with Gasteiger partial charge in [0.05, 0.1) is 10.7 Å². The van der Waals surface area contributed by atoms with Crippen LogP contribution in [0.3, 0.4) is 0 Å². The lowest BCUT2D eigenvalue weighted by Crippen LogP contribution is -1.96. The van der Waals surface area contributed by atoms with Crippen LogP contribution in [0.2, 0.25) is 5.02 Å². The summed E-state index contributed by atoms with van der Waals surface area (Å²) in [5.41, 5.74) is 1.10. The molecule has 0 aliphatic carbocycles. The van der Waals surface area contributed by atoms with Crippen molar-refractivity contribution in [3.05, 3.63) is 58.9 Å². The van der Waals surface area contributed by atoms with Gasteiger partial charge in [0, 0.05) is 0 Å². The van der Waals surface area contributed by atoms with Crippen LogP contribution in [-0.2, 0) is 11.4 Å². The lowest BCUT2D eigenvalue weighted by molar-refractivity contribution is 0.306. The SMILES string of the molecule is O=C=Nc1ccc(OCc2cccc(F)c2)c(Cl)c1. The first kappa shape index (κ1) is 13.3. The van der Waals surface area contributed by atoms with Gasteiger partial charge in [-0.3, -0.25) is 0 Å². The van der Waals surface area contributed by atoms with Crippen LogP contribution in [0.4, 0.5) is 10.1 Å². The third-order valence-electron chi connectivity index (χ3n) is 2.37. The highest BCUT2D eigenvalue weighted by Gasteiger charge is 2.04. The predicted octanol–water partition coefficient (Wildman–Crippen LogP) is 4.03. The third kappa shape index (κ3) is 3.65. The standard InChI is InChI=1S/C14H9ClFNO2/c15-13-7-12(17-9-18)4-5-14(13)19-8-10-2-1-3-11(16)6-10/h1-7H,8H2. The monoisotopic (exact) mass is 277 g/mol. The molecule has 0 aliphatic heterocycles. The van der Waals surface area contributed by atoms with Crippen molar-refractivity contribution in [3.63, 3.8) is 0 Å². The van der Waals surface area contributed by atoms with E-state index in [2.05, 4.69) is 4.99 Å². The first-order valence-electron chi connectivity index (χ1n) is 5.44. The van der Waals surface area contributed by atoms with Gasteiger partial charge in [0.2, 0.25) is 6.08 Å². The van der Waals surface area contributed by atoms with Gasteiger partial charge in [-0.05, 0) is 35.9 Å². The molecule has 0 radical (unpaired) electrons. The number of nitrogens with zero attached hydrogens (tertiary/aromatic N) is 1. The average Bonchev–Trinajstić information content (AvgIpc) is 2.38. The molecule has 19 heavy (non-hydrogen) atoms. The summed E-state index contributed by atoms with van der Waals surface area (Å²) in [6, 6.07) is 10.8. The van der Waals surface area contributed by atoms with E-state index >= 15 is 0 Å². The van der Waals surface area contributed by atoms with E-state index < -0.39 is 0 Å². The van der Waals surface area contributed by atoms with Crippen LogP contribution < -0.4 is 4.74 Å². The van der Waals surface area contributed by atoms with Crippen molar-refractivity contribution in [2.45, 2.75) is 6.61 Å². The van der Waals surface area contributed by atoms with E-state index in [1.165, 1.54) is 24.3 Å². The quantitative estimate of drug-likeness (QED) is 0.625. The molecule has 0 bridgehead atoms. The minimum absolute atomic E-state index is 0.202. The molecule has 0 fully saturated rings. The van der Waals surface area contributed by atoms with Gasteiger partial charge in [-0.15, -0.1) is 0 Å². The molecule has 0 aromatic heterocycles. The highest BCUT2D eigenvalue weighted by Crippen LogP contribution is 2.29. The Kier molecular flexibility index (Phi) is 4.29. The minimum Gasteiger partial charge on any atom is -0.487 e. The summed E-state index contributed by atoms with van der Waals surface area (Å²) < 4.78 is 18.5. The number of hydrogen-bond donors (Lipinski definition) is 0. The molecule has 0 saturated heterocycles. The van der Waals surface area contributed by atoms with E-state index in [4.69, 9.17) is 16.3 Å². The number of ether oxygens (including phenoxy) is 1. The second-order valence-corrected chi connectivity index (χ2v) is 4.14. The molecule has 0 aliphatic rings. The van der Waals surface area contributed by atoms with E-state index in [0.29, 0.717) is 22.0 Å². The second kappa shape index (κ2) is 6.14. The molecule has 0 saturated carbocycles. The van der Waals surface area contributed by atoms with Crippen molar-refractivity contribution in [1.29, 1.82) is 0 Å². The molecular weight excluding hydrogens is 269 g/mol. The zero-order chi connectivity index (χ0) is 13.7. The number of aliphatic imine (C=N–C) groups is 1. The summed E-state index contributed by atoms with van der Waals surface area (Å²) in [5.74, 6) is 0.124. The van der Waals surface area contributed by atoms with Gasteiger partial charge < -0.3 is 4.74 Å². The molecule has 2 rings (SSSR count). The lowest BCUT2D eigenvalue weighted by atomic mass is 10.2. The van der Waals surface area contributed by atoms with Crippen molar-refractivity contribution in [2.24, 2.45) is 4.99 Å². The van der Waals surface area contributed by atoms with Crippen LogP contribution in [0.15, 0.2) is 47.5 Å². The Morgan fingerprint density at radius 2 is 2.11 bits per heavy atom. The van der Waals surface area contributed by atoms with E-state index in [-0.39, 0.29) is 12.4 Å². The summed E-state index contributed by atoms with van der Waals surface area (Å²) >= 11 is 5.97. The Bertz CT molecular complexity index is 639. The van der Waals surface area contributed by atoms with Crippen molar-refractivity contribution >= 4 is 23.4 Å². The Balaban J connectivity index is 2.09. The van der Waals surface area contributed by atoms with E-state index in [0.717, 1.165) is 0 Å². The fraction of sp³-hybridized carbons (Fsp3) is 0.0714. The van der Waals surface area contributed by atoms with Crippen molar-refractivity contribution < 1.29 is 13.9 Å². The number of hydrogen-bond acceptors (Lipinski definition) is 3. The highest BCUT2D eigenvalue weighted by molar-refractivity contribution is 6.32.